The zero-order chi connectivity index (χ0) is 49.2. The van der Waals surface area contributed by atoms with Gasteiger partial charge in [0.2, 0.25) is 35.7 Å². The van der Waals surface area contributed by atoms with Crippen molar-refractivity contribution in [2.45, 2.75) is 54.7 Å². The van der Waals surface area contributed by atoms with Gasteiger partial charge in [-0.1, -0.05) is 0 Å². The maximum Gasteiger partial charge on any atom is 0.353 e. The lowest BCUT2D eigenvalue weighted by molar-refractivity contribution is -0.290. The summed E-state index contributed by atoms with van der Waals surface area (Å²) in [5.74, 6) is -29.3. The number of phenolic OH excluding ortho intramolecular Hbond substituents is 11. The molecule has 4 aromatic rings. The Morgan fingerprint density at radius 3 is 1.74 bits per heavy atom. The predicted octanol–water partition coefficient (Wildman–Crippen LogP) is -0.407. The molecule has 0 aliphatic carbocycles. The topological polar surface area (TPSA) is 436 Å². The second kappa shape index (κ2) is 15.2. The van der Waals surface area contributed by atoms with Crippen molar-refractivity contribution in [1.82, 2.24) is 0 Å². The molecule has 0 aromatic heterocycles. The standard InChI is InChI=1S/C41H28O27/c42-12-1-8(2-13(43)23(12)48)34(54)68-39-33-32-29(67-40(59)41(60)6-18(47)63-31-22(41)21-11(37(57)66-33)5-16(46)26(51)30(21)64-38(31)58)17(62-39)7-61-35(55)9-3-14(44)24(49)27(52)19(9)20-10(36(56)65-32)4-15(45)25(50)28(20)53/h1-5,17,22,29,31-33,39,42-46,48-53,60H,6-7H2/t17-,22+,29-,31+,32+,33-,39+,41-/m1/s1. The van der Waals surface area contributed by atoms with Crippen LogP contribution in [-0.2, 0) is 47.5 Å². The van der Waals surface area contributed by atoms with Crippen molar-refractivity contribution in [1.29, 1.82) is 0 Å². The minimum absolute atomic E-state index is 0.367. The zero-order valence-electron chi connectivity index (χ0n) is 33.3. The van der Waals surface area contributed by atoms with Crippen LogP contribution in [0.5, 0.6) is 69.0 Å². The third-order valence-corrected chi connectivity index (χ3v) is 11.5. The Balaban J connectivity index is 1.29. The first-order chi connectivity index (χ1) is 32.0. The van der Waals surface area contributed by atoms with Crippen molar-refractivity contribution in [3.05, 3.63) is 58.1 Å². The molecule has 5 heterocycles. The van der Waals surface area contributed by atoms with Crippen LogP contribution in [0.15, 0.2) is 30.3 Å². The summed E-state index contributed by atoms with van der Waals surface area (Å²) in [5.41, 5.74) is -10.4. The fourth-order valence-electron chi connectivity index (χ4n) is 8.35. The fraction of sp³-hybridized carbons (Fsp3) is 0.244. The molecule has 8 atom stereocenters. The molecule has 0 amide bonds. The second-order valence-corrected chi connectivity index (χ2v) is 15.5. The number of hydrogen-bond acceptors (Lipinski definition) is 27. The molecular formula is C41H28O27. The largest absolute Gasteiger partial charge is 0.504 e. The Bertz CT molecular complexity index is 2970. The summed E-state index contributed by atoms with van der Waals surface area (Å²) in [6.07, 6.45) is -16.1. The van der Waals surface area contributed by atoms with Gasteiger partial charge in [0.1, 0.15) is 12.7 Å². The summed E-state index contributed by atoms with van der Waals surface area (Å²) in [4.78, 5) is 98.0. The first-order valence-electron chi connectivity index (χ1n) is 19.2. The molecule has 5 aliphatic heterocycles. The van der Waals surface area contributed by atoms with Crippen molar-refractivity contribution in [3.8, 4) is 80.1 Å². The molecule has 0 saturated carbocycles. The summed E-state index contributed by atoms with van der Waals surface area (Å²) in [7, 11) is 0. The molecule has 2 fully saturated rings. The van der Waals surface area contributed by atoms with Crippen LogP contribution >= 0.6 is 0 Å². The average molecular weight is 953 g/mol. The number of benzene rings is 4. The Labute approximate surface area is 373 Å². The predicted molar refractivity (Wildman–Crippen MR) is 204 cm³/mol. The number of fused-ring (bicyclic) bond motifs is 3. The van der Waals surface area contributed by atoms with Gasteiger partial charge in [0.15, 0.2) is 69.6 Å². The molecule has 27 nitrogen and oxygen atoms in total. The van der Waals surface area contributed by atoms with Gasteiger partial charge in [0, 0.05) is 16.7 Å². The normalized spacial score (nSPS) is 26.2. The fourth-order valence-corrected chi connectivity index (χ4v) is 8.35. The van der Waals surface area contributed by atoms with Crippen LogP contribution in [0.3, 0.4) is 0 Å². The van der Waals surface area contributed by atoms with Gasteiger partial charge in [-0.3, -0.25) is 4.79 Å². The number of carbonyl (C=O) groups is 7. The summed E-state index contributed by atoms with van der Waals surface area (Å²) in [6, 6.07) is 2.42. The van der Waals surface area contributed by atoms with E-state index >= 15 is 0 Å². The highest BCUT2D eigenvalue weighted by molar-refractivity contribution is 6.08. The summed E-state index contributed by atoms with van der Waals surface area (Å²) >= 11 is 0. The van der Waals surface area contributed by atoms with E-state index < -0.39 is 211 Å². The summed E-state index contributed by atoms with van der Waals surface area (Å²) in [6.45, 7) is -1.31. The van der Waals surface area contributed by atoms with Gasteiger partial charge in [0.05, 0.1) is 34.6 Å². The highest BCUT2D eigenvalue weighted by Gasteiger charge is 2.65. The third-order valence-electron chi connectivity index (χ3n) is 11.5. The van der Waals surface area contributed by atoms with Gasteiger partial charge < -0.3 is 99.2 Å². The van der Waals surface area contributed by atoms with Gasteiger partial charge in [-0.15, -0.1) is 0 Å². The number of hydrogen-bond donors (Lipinski definition) is 12. The maximum absolute atomic E-state index is 14.7. The van der Waals surface area contributed by atoms with Crippen molar-refractivity contribution < 1.29 is 133 Å². The van der Waals surface area contributed by atoms with Gasteiger partial charge in [0.25, 0.3) is 0 Å². The molecule has 0 unspecified atom stereocenters. The zero-order valence-corrected chi connectivity index (χ0v) is 33.3. The van der Waals surface area contributed by atoms with Gasteiger partial charge >= 0.3 is 41.8 Å². The third kappa shape index (κ3) is 6.54. The molecule has 354 valence electrons. The lowest BCUT2D eigenvalue weighted by atomic mass is 9.71. The van der Waals surface area contributed by atoms with Gasteiger partial charge in [-0.25, -0.2) is 28.8 Å². The molecule has 12 N–H and O–H groups in total. The number of carbonyl (C=O) groups excluding carboxylic acids is 7. The van der Waals surface area contributed by atoms with Crippen LogP contribution in [-0.4, -0.2) is 152 Å². The van der Waals surface area contributed by atoms with E-state index in [2.05, 4.69) is 0 Å². The van der Waals surface area contributed by atoms with Gasteiger partial charge in [-0.05, 0) is 30.3 Å². The Morgan fingerprint density at radius 1 is 0.588 bits per heavy atom. The number of rotatable bonds is 2. The van der Waals surface area contributed by atoms with E-state index in [0.717, 1.165) is 0 Å². The van der Waals surface area contributed by atoms with Crippen molar-refractivity contribution in [2.75, 3.05) is 6.61 Å². The van der Waals surface area contributed by atoms with Crippen LogP contribution in [0.1, 0.15) is 59.3 Å². The number of esters is 7. The Kier molecular flexibility index (Phi) is 9.88. The first-order valence-corrected chi connectivity index (χ1v) is 19.2. The first kappa shape index (κ1) is 44.1. The van der Waals surface area contributed by atoms with E-state index in [1.807, 2.05) is 0 Å². The quantitative estimate of drug-likeness (QED) is 0.0526. The monoisotopic (exact) mass is 952 g/mol. The van der Waals surface area contributed by atoms with Crippen LogP contribution in [0, 0.1) is 0 Å². The lowest BCUT2D eigenvalue weighted by Gasteiger charge is -2.46. The molecule has 27 heteroatoms. The molecule has 9 rings (SSSR count). The number of aromatic hydroxyl groups is 11. The molecule has 5 aliphatic rings. The van der Waals surface area contributed by atoms with Crippen LogP contribution in [0.2, 0.25) is 0 Å². The van der Waals surface area contributed by atoms with Crippen LogP contribution < -0.4 is 4.74 Å². The van der Waals surface area contributed by atoms with E-state index in [9.17, 15) is 94.8 Å². The summed E-state index contributed by atoms with van der Waals surface area (Å²) in [5, 5.41) is 128. The minimum Gasteiger partial charge on any atom is -0.504 e. The van der Waals surface area contributed by atoms with E-state index in [-0.39, 0.29) is 0 Å². The van der Waals surface area contributed by atoms with E-state index in [1.54, 1.807) is 0 Å². The molecule has 68 heavy (non-hydrogen) atoms. The minimum atomic E-state index is -3.38. The molecule has 0 spiro atoms. The summed E-state index contributed by atoms with van der Waals surface area (Å²) < 4.78 is 44.1. The highest BCUT2D eigenvalue weighted by Crippen LogP contribution is 2.56. The number of ether oxygens (including phenoxy) is 8. The van der Waals surface area contributed by atoms with Crippen molar-refractivity contribution in [3.63, 3.8) is 0 Å². The van der Waals surface area contributed by atoms with E-state index in [0.29, 0.717) is 30.3 Å². The smallest absolute Gasteiger partial charge is 0.353 e. The van der Waals surface area contributed by atoms with Crippen LogP contribution in [0.25, 0.3) is 11.1 Å². The molecule has 4 aromatic carbocycles. The van der Waals surface area contributed by atoms with Crippen LogP contribution in [0.4, 0.5) is 0 Å². The highest BCUT2D eigenvalue weighted by atomic mass is 16.7. The van der Waals surface area contributed by atoms with E-state index in [1.165, 1.54) is 0 Å². The molecule has 0 radical (unpaired) electrons. The molecule has 4 bridgehead atoms. The second-order valence-electron chi connectivity index (χ2n) is 15.5. The van der Waals surface area contributed by atoms with Crippen molar-refractivity contribution >= 4 is 41.8 Å². The lowest BCUT2D eigenvalue weighted by Crippen LogP contribution is -2.65. The van der Waals surface area contributed by atoms with E-state index in [4.69, 9.17) is 37.9 Å². The number of phenols is 11. The molecule has 2 saturated heterocycles. The van der Waals surface area contributed by atoms with Gasteiger partial charge in [-0.2, -0.15) is 0 Å². The Morgan fingerprint density at radius 2 is 1.12 bits per heavy atom. The molecular weight excluding hydrogens is 924 g/mol. The number of aliphatic hydroxyl groups is 1. The number of cyclic esters (lactones) is 1. The SMILES string of the molecule is O=C1C[C@]2(O)C(=O)O[C@H]3[C@@H]4OC(=O)c5cc(O)c(O)c(O)c5-c5c(cc(O)c(O)c5O)C(=O)OC[C@H]3O[C@@H](OC(=O)c3cc(O)c(O)c(O)c3)[C@@H]4OC(=O)c3cc(O)c(O)c4c3[C@H]2[C@H](O1)C(=O)O4. The maximum atomic E-state index is 14.7. The average Bonchev–Trinajstić information content (AvgIpc) is 3.28. The Hall–Kier alpha value is -9.11. The van der Waals surface area contributed by atoms with Crippen molar-refractivity contribution in [2.24, 2.45) is 0 Å².